The van der Waals surface area contributed by atoms with Gasteiger partial charge >= 0.3 is 0 Å². The Kier molecular flexibility index (Phi) is 3.68. The lowest BCUT2D eigenvalue weighted by Gasteiger charge is -2.33. The third-order valence-corrected chi connectivity index (χ3v) is 4.91. The Labute approximate surface area is 129 Å². The number of hydrogen-bond donors (Lipinski definition) is 0. The van der Waals surface area contributed by atoms with Crippen LogP contribution in [0.1, 0.15) is 26.7 Å². The minimum absolute atomic E-state index is 0.0146. The largest absolute Gasteiger partial charge is 0.323 e. The fourth-order valence-electron chi connectivity index (χ4n) is 3.30. The first-order valence-corrected chi connectivity index (χ1v) is 7.58. The van der Waals surface area contributed by atoms with Gasteiger partial charge in [0, 0.05) is 18.2 Å². The van der Waals surface area contributed by atoms with Crippen LogP contribution in [0.2, 0.25) is 0 Å². The van der Waals surface area contributed by atoms with Gasteiger partial charge in [0.05, 0.1) is 11.0 Å². The van der Waals surface area contributed by atoms with E-state index in [1.54, 1.807) is 6.07 Å². The molecule has 1 aliphatic heterocycles. The third-order valence-electron chi connectivity index (χ3n) is 4.91. The van der Waals surface area contributed by atoms with Crippen molar-refractivity contribution >= 4 is 17.3 Å². The summed E-state index contributed by atoms with van der Waals surface area (Å²) in [6, 6.07) is 2.81. The first kappa shape index (κ1) is 14.7. The van der Waals surface area contributed by atoms with Crippen LogP contribution in [-0.4, -0.2) is 21.7 Å². The lowest BCUT2D eigenvalue weighted by molar-refractivity contribution is -0.385. The number of fused-ring (bicyclic) bond motifs is 2. The predicted octanol–water partition coefficient (Wildman–Crippen LogP) is 2.94. The number of carbonyl (C=O) groups excluding carboxylic acids is 1. The van der Waals surface area contributed by atoms with E-state index in [2.05, 4.69) is 18.8 Å². The van der Waals surface area contributed by atoms with Gasteiger partial charge in [0.1, 0.15) is 12.0 Å². The van der Waals surface area contributed by atoms with E-state index in [0.29, 0.717) is 17.7 Å². The number of carbonyl (C=O) groups is 1. The van der Waals surface area contributed by atoms with Gasteiger partial charge in [-0.3, -0.25) is 14.9 Å². The molecule has 1 aromatic rings. The number of Topliss-reactive ketones (excluding diaryl/α,β-unsaturated/α-hetero) is 1. The van der Waals surface area contributed by atoms with Crippen LogP contribution in [0.4, 0.5) is 11.5 Å². The van der Waals surface area contributed by atoms with Crippen molar-refractivity contribution in [3.05, 3.63) is 40.7 Å². The van der Waals surface area contributed by atoms with Gasteiger partial charge in [-0.05, 0) is 30.7 Å². The molecule has 1 saturated carbocycles. The summed E-state index contributed by atoms with van der Waals surface area (Å²) in [5.74, 6) is 1.77. The second-order valence-electron chi connectivity index (χ2n) is 6.33. The van der Waals surface area contributed by atoms with Crippen LogP contribution in [0.5, 0.6) is 0 Å². The van der Waals surface area contributed by atoms with Gasteiger partial charge in [0.15, 0.2) is 5.78 Å². The average Bonchev–Trinajstić information content (AvgIpc) is 2.57. The highest BCUT2D eigenvalue weighted by atomic mass is 16.6. The van der Waals surface area contributed by atoms with Crippen LogP contribution in [0, 0.1) is 27.9 Å². The van der Waals surface area contributed by atoms with Gasteiger partial charge < -0.3 is 4.90 Å². The Morgan fingerprint density at radius 1 is 1.27 bits per heavy atom. The molecule has 2 heterocycles. The monoisotopic (exact) mass is 301 g/mol. The summed E-state index contributed by atoms with van der Waals surface area (Å²) in [7, 11) is 0. The van der Waals surface area contributed by atoms with Crippen LogP contribution in [0.3, 0.4) is 0 Å². The number of allylic oxidation sites excluding steroid dienone is 1. The molecule has 6 heteroatoms. The van der Waals surface area contributed by atoms with E-state index >= 15 is 0 Å². The van der Waals surface area contributed by atoms with Crippen molar-refractivity contribution in [3.8, 4) is 0 Å². The van der Waals surface area contributed by atoms with Crippen molar-refractivity contribution in [2.45, 2.75) is 32.7 Å². The predicted molar refractivity (Wildman–Crippen MR) is 82.4 cm³/mol. The number of hydrogen-bond acceptors (Lipinski definition) is 5. The quantitative estimate of drug-likeness (QED) is 0.620. The van der Waals surface area contributed by atoms with Crippen LogP contribution in [0.25, 0.3) is 0 Å². The molecule has 4 atom stereocenters. The molecule has 0 N–H and O–H groups in total. The molecular weight excluding hydrogens is 282 g/mol. The molecule has 0 radical (unpaired) electrons. The zero-order valence-corrected chi connectivity index (χ0v) is 12.7. The van der Waals surface area contributed by atoms with E-state index in [0.717, 1.165) is 12.8 Å². The first-order valence-electron chi connectivity index (χ1n) is 7.58. The van der Waals surface area contributed by atoms with Gasteiger partial charge in [-0.15, -0.1) is 0 Å². The fourth-order valence-corrected chi connectivity index (χ4v) is 3.30. The van der Waals surface area contributed by atoms with E-state index in [1.807, 2.05) is 17.2 Å². The third kappa shape index (κ3) is 2.49. The van der Waals surface area contributed by atoms with E-state index in [4.69, 9.17) is 0 Å². The van der Waals surface area contributed by atoms with Crippen molar-refractivity contribution < 1.29 is 9.72 Å². The highest BCUT2D eigenvalue weighted by Gasteiger charge is 2.39. The van der Waals surface area contributed by atoms with E-state index < -0.39 is 4.92 Å². The Morgan fingerprint density at radius 2 is 2.00 bits per heavy atom. The molecule has 1 aliphatic carbocycles. The minimum atomic E-state index is -0.473. The van der Waals surface area contributed by atoms with Crippen LogP contribution >= 0.6 is 0 Å². The molecule has 116 valence electrons. The lowest BCUT2D eigenvalue weighted by Crippen LogP contribution is -2.43. The van der Waals surface area contributed by atoms with Gasteiger partial charge in [-0.2, -0.15) is 0 Å². The van der Waals surface area contributed by atoms with Crippen molar-refractivity contribution in [3.63, 3.8) is 0 Å². The maximum Gasteiger partial charge on any atom is 0.287 e. The topological polar surface area (TPSA) is 76.3 Å². The molecule has 1 aromatic heterocycles. The smallest absolute Gasteiger partial charge is 0.287 e. The Bertz CT molecular complexity index is 626. The van der Waals surface area contributed by atoms with E-state index in [1.165, 1.54) is 12.3 Å². The average molecular weight is 301 g/mol. The number of pyridine rings is 1. The second kappa shape index (κ2) is 5.51. The van der Waals surface area contributed by atoms with Crippen LogP contribution in [0.15, 0.2) is 30.6 Å². The molecule has 2 bridgehead atoms. The molecule has 6 nitrogen and oxygen atoms in total. The van der Waals surface area contributed by atoms with Crippen LogP contribution < -0.4 is 4.90 Å². The lowest BCUT2D eigenvalue weighted by atomic mass is 9.88. The van der Waals surface area contributed by atoms with Crippen molar-refractivity contribution in [2.75, 3.05) is 4.90 Å². The summed E-state index contributed by atoms with van der Waals surface area (Å²) in [5, 5.41) is 10.7. The summed E-state index contributed by atoms with van der Waals surface area (Å²) in [6.07, 6.45) is 6.78. The number of rotatable bonds is 2. The summed E-state index contributed by atoms with van der Waals surface area (Å²) >= 11 is 0. The number of nitrogens with zero attached hydrogens (tertiary/aromatic N) is 3. The summed E-state index contributed by atoms with van der Waals surface area (Å²) in [4.78, 5) is 28.9. The van der Waals surface area contributed by atoms with Crippen molar-refractivity contribution in [2.24, 2.45) is 17.8 Å². The molecule has 22 heavy (non-hydrogen) atoms. The Balaban J connectivity index is 1.92. The highest BCUT2D eigenvalue weighted by Crippen LogP contribution is 2.37. The van der Waals surface area contributed by atoms with E-state index in [-0.39, 0.29) is 23.4 Å². The minimum Gasteiger partial charge on any atom is -0.323 e. The summed E-state index contributed by atoms with van der Waals surface area (Å²) in [5.41, 5.74) is -0.0446. The molecule has 0 saturated heterocycles. The maximum atomic E-state index is 12.6. The zero-order chi connectivity index (χ0) is 15.9. The molecule has 4 unspecified atom stereocenters. The fraction of sp³-hybridized carbons (Fsp3) is 0.500. The first-order chi connectivity index (χ1) is 10.5. The maximum absolute atomic E-state index is 12.6. The Hall–Kier alpha value is -2.24. The molecule has 1 fully saturated rings. The number of anilines is 1. The number of aromatic nitrogens is 1. The Morgan fingerprint density at radius 3 is 2.64 bits per heavy atom. The van der Waals surface area contributed by atoms with Crippen molar-refractivity contribution in [1.82, 2.24) is 4.98 Å². The molecule has 2 aliphatic rings. The SMILES string of the molecule is CC1CC2C=CN(c3ccc([N+](=O)[O-])cn3)C(CC1C)C2=O. The van der Waals surface area contributed by atoms with Gasteiger partial charge in [-0.25, -0.2) is 4.98 Å². The van der Waals surface area contributed by atoms with Gasteiger partial charge in [0.2, 0.25) is 0 Å². The molecule has 0 spiro atoms. The van der Waals surface area contributed by atoms with Crippen molar-refractivity contribution in [1.29, 1.82) is 0 Å². The molecule has 0 aromatic carbocycles. The van der Waals surface area contributed by atoms with Crippen LogP contribution in [-0.2, 0) is 4.79 Å². The summed E-state index contributed by atoms with van der Waals surface area (Å²) in [6.45, 7) is 4.38. The number of ketones is 1. The summed E-state index contributed by atoms with van der Waals surface area (Å²) < 4.78 is 0. The molecular formula is C16H19N3O3. The normalized spacial score (nSPS) is 31.0. The molecule has 0 amide bonds. The van der Waals surface area contributed by atoms with E-state index in [9.17, 15) is 14.9 Å². The van der Waals surface area contributed by atoms with Gasteiger partial charge in [-0.1, -0.05) is 19.9 Å². The second-order valence-corrected chi connectivity index (χ2v) is 6.33. The highest BCUT2D eigenvalue weighted by molar-refractivity contribution is 5.92. The molecule has 3 rings (SSSR count). The number of nitro groups is 1. The zero-order valence-electron chi connectivity index (χ0n) is 12.7. The van der Waals surface area contributed by atoms with Gasteiger partial charge in [0.25, 0.3) is 5.69 Å². The standard InChI is InChI=1S/C16H19N3O3/c1-10-7-12-5-6-18(14(16(12)20)8-11(10)2)15-4-3-13(9-17-15)19(21)22/h3-6,9-12,14H,7-8H2,1-2H3.